The zero-order chi connectivity index (χ0) is 6.69. The van der Waals surface area contributed by atoms with Gasteiger partial charge in [-0.3, -0.25) is 0 Å². The smallest absolute Gasteiger partial charge is 0.167 e. The molecule has 0 bridgehead atoms. The number of nitrogens with zero attached hydrogens (tertiary/aromatic N) is 4. The number of tetrazole rings is 1. The molecular weight excluding hydrogens is 116 g/mol. The summed E-state index contributed by atoms with van der Waals surface area (Å²) in [5.41, 5.74) is 0. The van der Waals surface area contributed by atoms with Gasteiger partial charge in [-0.15, -0.1) is 10.2 Å². The molecule has 0 aliphatic heterocycles. The molecule has 0 saturated carbocycles. The van der Waals surface area contributed by atoms with Crippen molar-refractivity contribution in [2.45, 2.75) is 19.8 Å². The summed E-state index contributed by atoms with van der Waals surface area (Å²) in [6.45, 7) is 2.09. The molecule has 4 nitrogen and oxygen atoms in total. The molecule has 0 spiro atoms. The lowest BCUT2D eigenvalue weighted by molar-refractivity contribution is 0.627. The summed E-state index contributed by atoms with van der Waals surface area (Å²) in [5, 5.41) is 11.5. The van der Waals surface area contributed by atoms with Crippen LogP contribution in [-0.2, 0) is 13.5 Å². The van der Waals surface area contributed by atoms with E-state index in [0.717, 1.165) is 18.7 Å². The van der Waals surface area contributed by atoms with Gasteiger partial charge in [0.25, 0.3) is 0 Å². The summed E-state index contributed by atoms with van der Waals surface area (Å²) < 4.78 is 0. The second-order valence-electron chi connectivity index (χ2n) is 1.95. The van der Waals surface area contributed by atoms with Crippen LogP contribution in [0.25, 0.3) is 0 Å². The molecule has 0 aromatic carbocycles. The highest BCUT2D eigenvalue weighted by atomic mass is 15.6. The van der Waals surface area contributed by atoms with Gasteiger partial charge >= 0.3 is 0 Å². The summed E-state index contributed by atoms with van der Waals surface area (Å²) in [5.74, 6) is 0.833. The number of aryl methyl sites for hydroxylation is 2. The maximum atomic E-state index is 3.99. The second kappa shape index (κ2) is 2.57. The third-order valence-electron chi connectivity index (χ3n) is 1.02. The predicted molar refractivity (Wildman–Crippen MR) is 32.8 cm³/mol. The van der Waals surface area contributed by atoms with E-state index in [1.807, 2.05) is 0 Å². The van der Waals surface area contributed by atoms with Crippen molar-refractivity contribution in [3.8, 4) is 0 Å². The SMILES string of the molecule is CCCc1nnn(C)n1. The van der Waals surface area contributed by atoms with Gasteiger partial charge in [0.2, 0.25) is 0 Å². The van der Waals surface area contributed by atoms with Crippen molar-refractivity contribution >= 4 is 0 Å². The van der Waals surface area contributed by atoms with Crippen LogP contribution in [0.4, 0.5) is 0 Å². The van der Waals surface area contributed by atoms with Crippen LogP contribution in [0.15, 0.2) is 0 Å². The maximum absolute atomic E-state index is 3.99. The molecule has 0 atom stereocenters. The minimum absolute atomic E-state index is 0.833. The van der Waals surface area contributed by atoms with E-state index in [1.54, 1.807) is 7.05 Å². The fraction of sp³-hybridized carbons (Fsp3) is 0.800. The first kappa shape index (κ1) is 6.19. The van der Waals surface area contributed by atoms with Gasteiger partial charge in [-0.25, -0.2) is 0 Å². The van der Waals surface area contributed by atoms with Crippen LogP contribution in [-0.4, -0.2) is 20.2 Å². The van der Waals surface area contributed by atoms with Gasteiger partial charge < -0.3 is 0 Å². The summed E-state index contributed by atoms with van der Waals surface area (Å²) >= 11 is 0. The molecule has 1 rings (SSSR count). The van der Waals surface area contributed by atoms with Gasteiger partial charge in [0.15, 0.2) is 5.82 Å². The van der Waals surface area contributed by atoms with Crippen LogP contribution in [0, 0.1) is 0 Å². The molecule has 0 unspecified atom stereocenters. The number of aromatic nitrogens is 4. The maximum Gasteiger partial charge on any atom is 0.174 e. The highest BCUT2D eigenvalue weighted by molar-refractivity contribution is 4.74. The standard InChI is InChI=1S/C5H10N4/c1-3-4-5-6-8-9(2)7-5/h3-4H2,1-2H3. The highest BCUT2D eigenvalue weighted by Crippen LogP contribution is 1.89. The van der Waals surface area contributed by atoms with Gasteiger partial charge in [-0.1, -0.05) is 6.92 Å². The fourth-order valence-corrected chi connectivity index (χ4v) is 0.647. The molecule has 1 aromatic heterocycles. The average Bonchev–Trinajstić information content (AvgIpc) is 2.17. The average molecular weight is 126 g/mol. The Hall–Kier alpha value is -0.930. The highest BCUT2D eigenvalue weighted by Gasteiger charge is 1.95. The summed E-state index contributed by atoms with van der Waals surface area (Å²) in [4.78, 5) is 1.48. The van der Waals surface area contributed by atoms with E-state index < -0.39 is 0 Å². The molecule has 0 aliphatic carbocycles. The molecule has 0 saturated heterocycles. The minimum Gasteiger partial charge on any atom is -0.167 e. The lowest BCUT2D eigenvalue weighted by Crippen LogP contribution is -1.92. The van der Waals surface area contributed by atoms with Crippen molar-refractivity contribution in [2.75, 3.05) is 0 Å². The molecule has 50 valence electrons. The Kier molecular flexibility index (Phi) is 1.77. The van der Waals surface area contributed by atoms with E-state index in [0.29, 0.717) is 0 Å². The Labute approximate surface area is 53.9 Å². The van der Waals surface area contributed by atoms with Crippen molar-refractivity contribution < 1.29 is 0 Å². The van der Waals surface area contributed by atoms with Crippen LogP contribution >= 0.6 is 0 Å². The largest absolute Gasteiger partial charge is 0.174 e. The molecule has 0 N–H and O–H groups in total. The molecule has 0 amide bonds. The Morgan fingerprint density at radius 2 is 2.33 bits per heavy atom. The summed E-state index contributed by atoms with van der Waals surface area (Å²) in [6, 6.07) is 0. The molecule has 1 aromatic rings. The van der Waals surface area contributed by atoms with Crippen molar-refractivity contribution in [2.24, 2.45) is 7.05 Å². The van der Waals surface area contributed by atoms with E-state index in [1.165, 1.54) is 4.80 Å². The van der Waals surface area contributed by atoms with E-state index in [2.05, 4.69) is 22.3 Å². The van der Waals surface area contributed by atoms with Crippen LogP contribution in [0.3, 0.4) is 0 Å². The zero-order valence-electron chi connectivity index (χ0n) is 5.70. The first-order valence-electron chi connectivity index (χ1n) is 3.06. The molecule has 0 fully saturated rings. The molecule has 1 heterocycles. The summed E-state index contributed by atoms with van der Waals surface area (Å²) in [7, 11) is 1.77. The van der Waals surface area contributed by atoms with E-state index in [9.17, 15) is 0 Å². The van der Waals surface area contributed by atoms with Crippen LogP contribution in [0.2, 0.25) is 0 Å². The van der Waals surface area contributed by atoms with Gasteiger partial charge in [0.1, 0.15) is 0 Å². The third-order valence-corrected chi connectivity index (χ3v) is 1.02. The van der Waals surface area contributed by atoms with E-state index >= 15 is 0 Å². The minimum atomic E-state index is 0.833. The number of hydrogen-bond acceptors (Lipinski definition) is 3. The molecule has 0 aliphatic rings. The van der Waals surface area contributed by atoms with E-state index in [4.69, 9.17) is 0 Å². The quantitative estimate of drug-likeness (QED) is 0.567. The lowest BCUT2D eigenvalue weighted by Gasteiger charge is -1.82. The third kappa shape index (κ3) is 1.48. The number of hydrogen-bond donors (Lipinski definition) is 0. The lowest BCUT2D eigenvalue weighted by atomic mass is 10.3. The Morgan fingerprint density at radius 1 is 1.56 bits per heavy atom. The monoisotopic (exact) mass is 126 g/mol. The fourth-order valence-electron chi connectivity index (χ4n) is 0.647. The number of rotatable bonds is 2. The van der Waals surface area contributed by atoms with Crippen molar-refractivity contribution in [1.82, 2.24) is 20.2 Å². The van der Waals surface area contributed by atoms with Gasteiger partial charge in [0.05, 0.1) is 7.05 Å². The molecule has 0 radical (unpaired) electrons. The first-order chi connectivity index (χ1) is 4.33. The van der Waals surface area contributed by atoms with Crippen molar-refractivity contribution in [3.05, 3.63) is 5.82 Å². The van der Waals surface area contributed by atoms with Crippen molar-refractivity contribution in [3.63, 3.8) is 0 Å². The first-order valence-corrected chi connectivity index (χ1v) is 3.06. The zero-order valence-corrected chi connectivity index (χ0v) is 5.70. The van der Waals surface area contributed by atoms with Gasteiger partial charge in [-0.2, -0.15) is 4.80 Å². The second-order valence-corrected chi connectivity index (χ2v) is 1.95. The van der Waals surface area contributed by atoms with Crippen LogP contribution in [0.5, 0.6) is 0 Å². The van der Waals surface area contributed by atoms with Gasteiger partial charge in [0, 0.05) is 6.42 Å². The van der Waals surface area contributed by atoms with Crippen LogP contribution in [0.1, 0.15) is 19.2 Å². The van der Waals surface area contributed by atoms with Crippen molar-refractivity contribution in [1.29, 1.82) is 0 Å². The molecule has 4 heteroatoms. The Morgan fingerprint density at radius 3 is 2.78 bits per heavy atom. The van der Waals surface area contributed by atoms with Crippen LogP contribution < -0.4 is 0 Å². The predicted octanol–water partition coefficient (Wildman–Crippen LogP) is 0.163. The topological polar surface area (TPSA) is 43.6 Å². The van der Waals surface area contributed by atoms with E-state index in [-0.39, 0.29) is 0 Å². The molecule has 9 heavy (non-hydrogen) atoms. The van der Waals surface area contributed by atoms with Gasteiger partial charge in [-0.05, 0) is 11.6 Å². The Balaban J connectivity index is 2.61. The molecular formula is C5H10N4. The Bertz CT molecular complexity index is 181. The normalized spacial score (nSPS) is 10.0. The summed E-state index contributed by atoms with van der Waals surface area (Å²) in [6.07, 6.45) is 2.00.